The van der Waals surface area contributed by atoms with Crippen molar-refractivity contribution in [3.05, 3.63) is 0 Å². The first-order valence-electron chi connectivity index (χ1n) is 4.25. The number of carbonyl (C=O) groups is 1. The smallest absolute Gasteiger partial charge is 0.317 e. The summed E-state index contributed by atoms with van der Waals surface area (Å²) in [4.78, 5) is 13.0. The van der Waals surface area contributed by atoms with E-state index in [0.717, 1.165) is 0 Å². The lowest BCUT2D eigenvalue weighted by molar-refractivity contribution is -0.0543. The molecular weight excluding hydrogens is 156 g/mol. The normalized spacial score (nSPS) is 30.1. The molecule has 1 saturated heterocycles. The molecule has 0 aliphatic carbocycles. The number of nitrogens with zero attached hydrogens (tertiary/aromatic N) is 1. The van der Waals surface area contributed by atoms with Gasteiger partial charge in [-0.1, -0.05) is 0 Å². The van der Waals surface area contributed by atoms with Crippen molar-refractivity contribution in [1.29, 1.82) is 0 Å². The third kappa shape index (κ3) is 2.11. The quantitative estimate of drug-likeness (QED) is 0.576. The van der Waals surface area contributed by atoms with Gasteiger partial charge in [-0.2, -0.15) is 0 Å². The summed E-state index contributed by atoms with van der Waals surface area (Å²) in [6, 6.07) is -0.0167. The molecule has 2 atom stereocenters. The Bertz CT molecular complexity index is 162. The highest BCUT2D eigenvalue weighted by Gasteiger charge is 2.24. The predicted octanol–water partition coefficient (Wildman–Crippen LogP) is 0.435. The zero-order chi connectivity index (χ0) is 9.14. The van der Waals surface area contributed by atoms with Gasteiger partial charge >= 0.3 is 6.03 Å². The summed E-state index contributed by atoms with van der Waals surface area (Å²) >= 11 is 0. The summed E-state index contributed by atoms with van der Waals surface area (Å²) in [7, 11) is 1.65. The van der Waals surface area contributed by atoms with E-state index in [1.807, 2.05) is 13.8 Å². The van der Waals surface area contributed by atoms with E-state index in [9.17, 15) is 4.79 Å². The van der Waals surface area contributed by atoms with Gasteiger partial charge in [0.25, 0.3) is 0 Å². The number of rotatable bonds is 0. The van der Waals surface area contributed by atoms with E-state index in [2.05, 4.69) is 5.32 Å². The summed E-state index contributed by atoms with van der Waals surface area (Å²) in [6.07, 6.45) is 0.289. The van der Waals surface area contributed by atoms with Crippen molar-refractivity contribution >= 4 is 6.03 Å². The molecule has 2 amide bonds. The van der Waals surface area contributed by atoms with Gasteiger partial charge in [0.05, 0.1) is 12.2 Å². The van der Waals surface area contributed by atoms with Gasteiger partial charge in [0.1, 0.15) is 0 Å². The highest BCUT2D eigenvalue weighted by atomic mass is 16.5. The van der Waals surface area contributed by atoms with Gasteiger partial charge < -0.3 is 15.0 Å². The average molecular weight is 172 g/mol. The predicted molar refractivity (Wildman–Crippen MR) is 46.0 cm³/mol. The van der Waals surface area contributed by atoms with Gasteiger partial charge in [0, 0.05) is 20.1 Å². The molecule has 0 spiro atoms. The number of carbonyl (C=O) groups excluding carboxylic acids is 1. The van der Waals surface area contributed by atoms with Gasteiger partial charge in [-0.15, -0.1) is 0 Å². The molecule has 1 aliphatic heterocycles. The van der Waals surface area contributed by atoms with Gasteiger partial charge in [-0.05, 0) is 13.8 Å². The first-order chi connectivity index (χ1) is 5.63. The Balaban J connectivity index is 2.49. The Morgan fingerprint density at radius 1 is 1.42 bits per heavy atom. The Kier molecular flexibility index (Phi) is 2.92. The molecule has 0 saturated carbocycles. The molecular formula is C8H16N2O2. The topological polar surface area (TPSA) is 41.6 Å². The second-order valence-corrected chi connectivity index (χ2v) is 3.22. The zero-order valence-electron chi connectivity index (χ0n) is 7.83. The number of amides is 2. The van der Waals surface area contributed by atoms with Crippen LogP contribution in [0.3, 0.4) is 0 Å². The zero-order valence-corrected chi connectivity index (χ0v) is 7.83. The van der Waals surface area contributed by atoms with Crippen molar-refractivity contribution < 1.29 is 9.53 Å². The molecule has 0 radical (unpaired) electrons. The molecule has 4 nitrogen and oxygen atoms in total. The lowest BCUT2D eigenvalue weighted by Gasteiger charge is -2.34. The van der Waals surface area contributed by atoms with Gasteiger partial charge in [0.15, 0.2) is 0 Å². The molecule has 0 aromatic carbocycles. The summed E-state index contributed by atoms with van der Waals surface area (Å²) < 4.78 is 5.49. The van der Waals surface area contributed by atoms with Crippen LogP contribution in [0.5, 0.6) is 0 Å². The van der Waals surface area contributed by atoms with E-state index in [1.54, 1.807) is 11.9 Å². The van der Waals surface area contributed by atoms with E-state index < -0.39 is 0 Å². The fraction of sp³-hybridized carbons (Fsp3) is 0.875. The second-order valence-electron chi connectivity index (χ2n) is 3.22. The number of ether oxygens (including phenoxy) is 1. The minimum absolute atomic E-state index is 0.0167. The minimum Gasteiger partial charge on any atom is -0.372 e. The van der Waals surface area contributed by atoms with Crippen LogP contribution in [-0.4, -0.2) is 43.3 Å². The Morgan fingerprint density at radius 2 is 1.92 bits per heavy atom. The average Bonchev–Trinajstić information content (AvgIpc) is 2.01. The highest BCUT2D eigenvalue weighted by Crippen LogP contribution is 2.09. The molecule has 1 rings (SSSR count). The molecule has 0 aromatic heterocycles. The van der Waals surface area contributed by atoms with Crippen molar-refractivity contribution in [3.8, 4) is 0 Å². The molecule has 4 heteroatoms. The van der Waals surface area contributed by atoms with E-state index >= 15 is 0 Å². The van der Waals surface area contributed by atoms with Crippen LogP contribution < -0.4 is 5.32 Å². The molecule has 1 aliphatic rings. The molecule has 70 valence electrons. The summed E-state index contributed by atoms with van der Waals surface area (Å²) in [5, 5.41) is 2.61. The van der Waals surface area contributed by atoms with Crippen molar-refractivity contribution in [3.63, 3.8) is 0 Å². The SMILES string of the molecule is CNC(=O)N1CC(C)OC(C)C1. The summed E-state index contributed by atoms with van der Waals surface area (Å²) in [6.45, 7) is 5.32. The van der Waals surface area contributed by atoms with Crippen LogP contribution in [-0.2, 0) is 4.74 Å². The van der Waals surface area contributed by atoms with Crippen molar-refractivity contribution in [2.24, 2.45) is 0 Å². The molecule has 0 aromatic rings. The van der Waals surface area contributed by atoms with Crippen molar-refractivity contribution in [2.45, 2.75) is 26.1 Å². The second kappa shape index (κ2) is 3.76. The van der Waals surface area contributed by atoms with Gasteiger partial charge in [-0.25, -0.2) is 4.79 Å². The third-order valence-electron chi connectivity index (χ3n) is 1.92. The fourth-order valence-corrected chi connectivity index (χ4v) is 1.50. The standard InChI is InChI=1S/C8H16N2O2/c1-6-4-10(8(11)9-3)5-7(2)12-6/h6-7H,4-5H2,1-3H3,(H,9,11). The number of hydrogen-bond donors (Lipinski definition) is 1. The van der Waals surface area contributed by atoms with Crippen molar-refractivity contribution in [2.75, 3.05) is 20.1 Å². The van der Waals surface area contributed by atoms with E-state index in [1.165, 1.54) is 0 Å². The van der Waals surface area contributed by atoms with Crippen LogP contribution in [0, 0.1) is 0 Å². The van der Waals surface area contributed by atoms with Crippen LogP contribution in [0.4, 0.5) is 4.79 Å². The number of urea groups is 1. The number of morpholine rings is 1. The molecule has 1 heterocycles. The first-order valence-corrected chi connectivity index (χ1v) is 4.25. The first kappa shape index (κ1) is 9.32. The highest BCUT2D eigenvalue weighted by molar-refractivity contribution is 5.73. The molecule has 12 heavy (non-hydrogen) atoms. The monoisotopic (exact) mass is 172 g/mol. The van der Waals surface area contributed by atoms with Crippen molar-refractivity contribution in [1.82, 2.24) is 10.2 Å². The molecule has 1 fully saturated rings. The lowest BCUT2D eigenvalue weighted by Crippen LogP contribution is -2.50. The maximum absolute atomic E-state index is 11.2. The Labute approximate surface area is 72.9 Å². The van der Waals surface area contributed by atoms with Crippen LogP contribution in [0.1, 0.15) is 13.8 Å². The maximum atomic E-state index is 11.2. The van der Waals surface area contributed by atoms with E-state index in [0.29, 0.717) is 13.1 Å². The summed E-state index contributed by atoms with van der Waals surface area (Å²) in [5.74, 6) is 0. The molecule has 0 bridgehead atoms. The number of hydrogen-bond acceptors (Lipinski definition) is 2. The van der Waals surface area contributed by atoms with E-state index in [-0.39, 0.29) is 18.2 Å². The fourth-order valence-electron chi connectivity index (χ4n) is 1.50. The number of nitrogens with one attached hydrogen (secondary N) is 1. The third-order valence-corrected chi connectivity index (χ3v) is 1.92. The summed E-state index contributed by atoms with van der Waals surface area (Å²) in [5.41, 5.74) is 0. The van der Waals surface area contributed by atoms with Crippen LogP contribution in [0.25, 0.3) is 0 Å². The van der Waals surface area contributed by atoms with Crippen LogP contribution in [0.2, 0.25) is 0 Å². The Morgan fingerprint density at radius 3 is 2.33 bits per heavy atom. The van der Waals surface area contributed by atoms with Gasteiger partial charge in [-0.3, -0.25) is 0 Å². The minimum atomic E-state index is -0.0167. The van der Waals surface area contributed by atoms with Crippen LogP contribution >= 0.6 is 0 Å². The molecule has 2 unspecified atom stereocenters. The van der Waals surface area contributed by atoms with Gasteiger partial charge in [0.2, 0.25) is 0 Å². The van der Waals surface area contributed by atoms with Crippen LogP contribution in [0.15, 0.2) is 0 Å². The lowest BCUT2D eigenvalue weighted by atomic mass is 10.2. The molecule has 1 N–H and O–H groups in total. The van der Waals surface area contributed by atoms with E-state index in [4.69, 9.17) is 4.74 Å². The maximum Gasteiger partial charge on any atom is 0.317 e. The Hall–Kier alpha value is -0.770. The largest absolute Gasteiger partial charge is 0.372 e.